The molecule has 0 saturated carbocycles. The van der Waals surface area contributed by atoms with Gasteiger partial charge in [0.25, 0.3) is 0 Å². The average Bonchev–Trinajstić information content (AvgIpc) is 2.54. The Morgan fingerprint density at radius 1 is 1.47 bits per heavy atom. The number of hydrogen-bond acceptors (Lipinski definition) is 3. The highest BCUT2D eigenvalue weighted by atomic mass is 79.9. The van der Waals surface area contributed by atoms with E-state index in [0.717, 1.165) is 17.6 Å². The molecule has 0 aromatic carbocycles. The number of carbonyl (C=O) groups excluding carboxylic acids is 1. The van der Waals surface area contributed by atoms with Crippen molar-refractivity contribution in [3.8, 4) is 0 Å². The summed E-state index contributed by atoms with van der Waals surface area (Å²) >= 11 is 3.40. The van der Waals surface area contributed by atoms with Gasteiger partial charge in [0.2, 0.25) is 0 Å². The molecule has 17 heavy (non-hydrogen) atoms. The maximum absolute atomic E-state index is 12.3. The summed E-state index contributed by atoms with van der Waals surface area (Å²) in [6.07, 6.45) is 1.69. The topological polar surface area (TPSA) is 38.1 Å². The first-order chi connectivity index (χ1) is 7.73. The first-order valence-corrected chi connectivity index (χ1v) is 6.43. The van der Waals surface area contributed by atoms with E-state index in [1.54, 1.807) is 10.9 Å². The molecule has 1 aromatic rings. The van der Waals surface area contributed by atoms with Crippen molar-refractivity contribution in [2.45, 2.75) is 27.3 Å². The molecule has 1 heterocycles. The lowest BCUT2D eigenvalue weighted by Gasteiger charge is -2.18. The number of carbonyl (C=O) groups is 1. The van der Waals surface area contributed by atoms with Crippen LogP contribution in [-0.4, -0.2) is 41.1 Å². The Morgan fingerprint density at radius 3 is 2.53 bits per heavy atom. The molecule has 0 spiro atoms. The van der Waals surface area contributed by atoms with Gasteiger partial charge < -0.3 is 4.90 Å². The molecule has 5 heteroatoms. The van der Waals surface area contributed by atoms with Crippen molar-refractivity contribution in [2.24, 2.45) is 5.41 Å². The fraction of sp³-hybridized carbons (Fsp3) is 0.667. The highest BCUT2D eigenvalue weighted by Crippen LogP contribution is 2.26. The molecule has 0 bridgehead atoms. The Hall–Kier alpha value is -0.680. The zero-order valence-electron chi connectivity index (χ0n) is 11.1. The Balaban J connectivity index is 2.98. The van der Waals surface area contributed by atoms with Crippen molar-refractivity contribution in [2.75, 3.05) is 20.6 Å². The number of halogens is 1. The van der Waals surface area contributed by atoms with Gasteiger partial charge in [-0.3, -0.25) is 9.48 Å². The molecule has 0 atom stereocenters. The van der Waals surface area contributed by atoms with Gasteiger partial charge in [-0.25, -0.2) is 0 Å². The van der Waals surface area contributed by atoms with E-state index in [1.165, 1.54) is 0 Å². The van der Waals surface area contributed by atoms with E-state index in [9.17, 15) is 4.79 Å². The maximum atomic E-state index is 12.3. The van der Waals surface area contributed by atoms with Crippen molar-refractivity contribution >= 4 is 21.7 Å². The van der Waals surface area contributed by atoms with Crippen molar-refractivity contribution in [3.63, 3.8) is 0 Å². The zero-order chi connectivity index (χ0) is 13.2. The summed E-state index contributed by atoms with van der Waals surface area (Å²) < 4.78 is 2.55. The Kier molecular flexibility index (Phi) is 4.49. The molecule has 0 N–H and O–H groups in total. The van der Waals surface area contributed by atoms with Crippen molar-refractivity contribution in [1.82, 2.24) is 14.7 Å². The number of ketones is 1. The minimum Gasteiger partial charge on any atom is -0.308 e. The first kappa shape index (κ1) is 14.4. The van der Waals surface area contributed by atoms with Gasteiger partial charge in [0, 0.05) is 12.0 Å². The van der Waals surface area contributed by atoms with E-state index in [2.05, 4.69) is 25.9 Å². The number of likely N-dealkylation sites (N-methyl/N-ethyl adjacent to an activating group) is 1. The molecule has 0 aliphatic heterocycles. The third-order valence-electron chi connectivity index (χ3n) is 2.45. The molecule has 1 rings (SSSR count). The molecular weight excluding hydrogens is 282 g/mol. The maximum Gasteiger partial charge on any atom is 0.187 e. The van der Waals surface area contributed by atoms with Gasteiger partial charge in [0.15, 0.2) is 5.78 Å². The van der Waals surface area contributed by atoms with E-state index in [4.69, 9.17) is 0 Å². The van der Waals surface area contributed by atoms with E-state index in [-0.39, 0.29) is 5.78 Å². The van der Waals surface area contributed by atoms with Gasteiger partial charge in [-0.05, 0) is 30.0 Å². The highest BCUT2D eigenvalue weighted by molar-refractivity contribution is 9.10. The third-order valence-corrected chi connectivity index (χ3v) is 3.03. The van der Waals surface area contributed by atoms with Crippen molar-refractivity contribution in [1.29, 1.82) is 0 Å². The Labute approximate surface area is 111 Å². The lowest BCUT2D eigenvalue weighted by atomic mass is 9.89. The summed E-state index contributed by atoms with van der Waals surface area (Å²) in [4.78, 5) is 14.4. The molecule has 4 nitrogen and oxygen atoms in total. The van der Waals surface area contributed by atoms with Crippen LogP contribution >= 0.6 is 15.9 Å². The van der Waals surface area contributed by atoms with Crippen LogP contribution in [0.5, 0.6) is 0 Å². The molecule has 0 amide bonds. The van der Waals surface area contributed by atoms with Crippen LogP contribution in [-0.2, 0) is 6.54 Å². The fourth-order valence-electron chi connectivity index (χ4n) is 1.41. The predicted octanol–water partition coefficient (Wildman–Crippen LogP) is 2.44. The molecule has 0 radical (unpaired) electrons. The number of nitrogens with zero attached hydrogens (tertiary/aromatic N) is 3. The second-order valence-corrected chi connectivity index (χ2v) is 6.30. The van der Waals surface area contributed by atoms with Crippen LogP contribution in [0.25, 0.3) is 0 Å². The summed E-state index contributed by atoms with van der Waals surface area (Å²) in [5.74, 6) is 0.112. The molecule has 0 aliphatic rings. The van der Waals surface area contributed by atoms with Crippen LogP contribution < -0.4 is 0 Å². The SMILES string of the molecule is CN(C)CCn1ncc(Br)c1C(=O)C(C)(C)C. The summed E-state index contributed by atoms with van der Waals surface area (Å²) in [5, 5.41) is 4.24. The van der Waals surface area contributed by atoms with Gasteiger partial charge in [0.05, 0.1) is 17.2 Å². The van der Waals surface area contributed by atoms with E-state index < -0.39 is 5.41 Å². The normalized spacial score (nSPS) is 12.2. The molecule has 0 fully saturated rings. The number of rotatable bonds is 4. The van der Waals surface area contributed by atoms with Crippen LogP contribution in [0.1, 0.15) is 31.3 Å². The minimum atomic E-state index is -0.390. The lowest BCUT2D eigenvalue weighted by molar-refractivity contribution is 0.0845. The van der Waals surface area contributed by atoms with E-state index in [0.29, 0.717) is 5.69 Å². The monoisotopic (exact) mass is 301 g/mol. The minimum absolute atomic E-state index is 0.112. The third kappa shape index (κ3) is 3.64. The molecule has 1 aromatic heterocycles. The van der Waals surface area contributed by atoms with Crippen LogP contribution in [0.3, 0.4) is 0 Å². The van der Waals surface area contributed by atoms with Crippen LogP contribution in [0.4, 0.5) is 0 Å². The van der Waals surface area contributed by atoms with Crippen LogP contribution in [0.2, 0.25) is 0 Å². The van der Waals surface area contributed by atoms with E-state index in [1.807, 2.05) is 34.9 Å². The summed E-state index contributed by atoms with van der Waals surface area (Å²) in [6.45, 7) is 7.34. The molecule has 0 aliphatic carbocycles. The first-order valence-electron chi connectivity index (χ1n) is 5.64. The predicted molar refractivity (Wildman–Crippen MR) is 72.3 cm³/mol. The summed E-state index contributed by atoms with van der Waals surface area (Å²) in [5.41, 5.74) is 0.276. The van der Waals surface area contributed by atoms with E-state index >= 15 is 0 Å². The number of hydrogen-bond donors (Lipinski definition) is 0. The number of Topliss-reactive ketones (excluding diaryl/α,β-unsaturated/α-hetero) is 1. The fourth-order valence-corrected chi connectivity index (χ4v) is 1.88. The highest BCUT2D eigenvalue weighted by Gasteiger charge is 2.28. The summed E-state index contributed by atoms with van der Waals surface area (Å²) in [6, 6.07) is 0. The summed E-state index contributed by atoms with van der Waals surface area (Å²) in [7, 11) is 4.01. The van der Waals surface area contributed by atoms with Gasteiger partial charge >= 0.3 is 0 Å². The Bertz CT molecular complexity index is 404. The molecular formula is C12H20BrN3O. The zero-order valence-corrected chi connectivity index (χ0v) is 12.7. The van der Waals surface area contributed by atoms with Gasteiger partial charge in [-0.15, -0.1) is 0 Å². The Morgan fingerprint density at radius 2 is 2.06 bits per heavy atom. The van der Waals surface area contributed by atoms with Crippen LogP contribution in [0, 0.1) is 5.41 Å². The number of aromatic nitrogens is 2. The lowest BCUT2D eigenvalue weighted by Crippen LogP contribution is -2.26. The standard InChI is InChI=1S/C12H20BrN3O/c1-12(2,3)11(17)10-9(13)8-14-16(10)7-6-15(4)5/h8H,6-7H2,1-5H3. The molecule has 96 valence electrons. The van der Waals surface area contributed by atoms with Gasteiger partial charge in [-0.1, -0.05) is 20.8 Å². The smallest absolute Gasteiger partial charge is 0.187 e. The van der Waals surface area contributed by atoms with Crippen molar-refractivity contribution < 1.29 is 4.79 Å². The average molecular weight is 302 g/mol. The largest absolute Gasteiger partial charge is 0.308 e. The molecule has 0 unspecified atom stereocenters. The van der Waals surface area contributed by atoms with Gasteiger partial charge in [0.1, 0.15) is 5.69 Å². The second-order valence-electron chi connectivity index (χ2n) is 5.45. The quantitative estimate of drug-likeness (QED) is 0.802. The van der Waals surface area contributed by atoms with Gasteiger partial charge in [-0.2, -0.15) is 5.10 Å². The molecule has 0 saturated heterocycles. The van der Waals surface area contributed by atoms with Crippen molar-refractivity contribution in [3.05, 3.63) is 16.4 Å². The van der Waals surface area contributed by atoms with Crippen LogP contribution in [0.15, 0.2) is 10.7 Å². The second kappa shape index (κ2) is 5.31.